The van der Waals surface area contributed by atoms with Gasteiger partial charge in [0.2, 0.25) is 0 Å². The van der Waals surface area contributed by atoms with E-state index in [4.69, 9.17) is 9.47 Å². The second-order valence-electron chi connectivity index (χ2n) is 7.94. The van der Waals surface area contributed by atoms with Gasteiger partial charge in [0, 0.05) is 20.4 Å². The third-order valence-corrected chi connectivity index (χ3v) is 6.20. The van der Waals surface area contributed by atoms with Crippen molar-refractivity contribution in [2.75, 3.05) is 6.26 Å². The lowest BCUT2D eigenvalue weighted by molar-refractivity contribution is 0.0521. The zero-order valence-corrected chi connectivity index (χ0v) is 23.1. The van der Waals surface area contributed by atoms with Gasteiger partial charge in [-0.05, 0) is 79.4 Å². The summed E-state index contributed by atoms with van der Waals surface area (Å²) in [5.74, 6) is 1.24. The van der Waals surface area contributed by atoms with E-state index in [1.54, 1.807) is 23.5 Å². The number of nitrogens with zero attached hydrogens (tertiary/aromatic N) is 2. The number of fused-ring (bicyclic) bond motifs is 1. The molecule has 8 heteroatoms. The largest absolute Gasteiger partial charge is 0.455 e. The Morgan fingerprint density at radius 3 is 2.25 bits per heavy atom. The maximum atomic E-state index is 12.8. The van der Waals surface area contributed by atoms with E-state index in [1.807, 2.05) is 77.3 Å². The first kappa shape index (κ1) is 26.6. The Balaban J connectivity index is 0.00000176. The molecule has 2 aromatic carbocycles. The van der Waals surface area contributed by atoms with Gasteiger partial charge in [-0.15, -0.1) is 23.5 Å². The van der Waals surface area contributed by atoms with Crippen molar-refractivity contribution < 1.29 is 14.3 Å². The fourth-order valence-corrected chi connectivity index (χ4v) is 4.55. The molecular formula is C24H31BrN2O3S2. The standard InChI is InChI=1S/C22H25BrN2O3S2.C2H6/c1-13(2)30-16-11-17-19(25(24-20(17)23)21(26)28-22(3,4)5)18(12-16)27-14-7-9-15(29-6)10-8-14;1-2/h7-13H,1-6H3;1-2H3. The first-order valence-corrected chi connectivity index (χ1v) is 13.4. The highest BCUT2D eigenvalue weighted by Crippen LogP contribution is 2.39. The monoisotopic (exact) mass is 538 g/mol. The number of rotatable bonds is 5. The van der Waals surface area contributed by atoms with E-state index in [0.29, 0.717) is 26.9 Å². The normalized spacial score (nSPS) is 11.3. The van der Waals surface area contributed by atoms with Crippen molar-refractivity contribution in [3.05, 3.63) is 41.0 Å². The fourth-order valence-electron chi connectivity index (χ4n) is 2.78. The molecule has 0 atom stereocenters. The molecule has 0 aliphatic rings. The fraction of sp³-hybridized carbons (Fsp3) is 0.417. The van der Waals surface area contributed by atoms with Gasteiger partial charge in [0.15, 0.2) is 5.75 Å². The van der Waals surface area contributed by atoms with E-state index in [2.05, 4.69) is 34.9 Å². The van der Waals surface area contributed by atoms with Gasteiger partial charge in [-0.1, -0.05) is 27.7 Å². The van der Waals surface area contributed by atoms with Crippen molar-refractivity contribution in [1.82, 2.24) is 9.78 Å². The maximum absolute atomic E-state index is 12.8. The van der Waals surface area contributed by atoms with Gasteiger partial charge in [-0.2, -0.15) is 9.78 Å². The molecule has 5 nitrogen and oxygen atoms in total. The topological polar surface area (TPSA) is 53.4 Å². The molecule has 3 aromatic rings. The molecule has 0 unspecified atom stereocenters. The summed E-state index contributed by atoms with van der Waals surface area (Å²) in [5, 5.41) is 5.58. The van der Waals surface area contributed by atoms with Crippen molar-refractivity contribution >= 4 is 56.4 Å². The average Bonchev–Trinajstić information content (AvgIpc) is 3.05. The minimum Gasteiger partial charge on any atom is -0.455 e. The molecule has 0 amide bonds. The van der Waals surface area contributed by atoms with Crippen LogP contribution in [0.5, 0.6) is 11.5 Å². The molecule has 0 N–H and O–H groups in total. The van der Waals surface area contributed by atoms with Gasteiger partial charge in [-0.25, -0.2) is 4.79 Å². The molecular weight excluding hydrogens is 508 g/mol. The third kappa shape index (κ3) is 6.93. The molecule has 0 saturated heterocycles. The molecule has 3 rings (SSSR count). The summed E-state index contributed by atoms with van der Waals surface area (Å²) in [6.07, 6.45) is 1.48. The van der Waals surface area contributed by atoms with Crippen molar-refractivity contribution in [1.29, 1.82) is 0 Å². The lowest BCUT2D eigenvalue weighted by Gasteiger charge is -2.19. The number of aromatic nitrogens is 2. The maximum Gasteiger partial charge on any atom is 0.435 e. The van der Waals surface area contributed by atoms with Crippen LogP contribution in [0, 0.1) is 0 Å². The molecule has 1 aromatic heterocycles. The number of thioether (sulfide) groups is 2. The Bertz CT molecular complexity index is 1060. The predicted molar refractivity (Wildman–Crippen MR) is 140 cm³/mol. The van der Waals surface area contributed by atoms with E-state index < -0.39 is 11.7 Å². The number of benzene rings is 2. The van der Waals surface area contributed by atoms with Gasteiger partial charge < -0.3 is 9.47 Å². The smallest absolute Gasteiger partial charge is 0.435 e. The first-order chi connectivity index (χ1) is 15.1. The Hall–Kier alpha value is -1.64. The second kappa shape index (κ2) is 11.5. The van der Waals surface area contributed by atoms with Crippen molar-refractivity contribution in [2.24, 2.45) is 0 Å². The molecule has 0 aliphatic heterocycles. The van der Waals surface area contributed by atoms with E-state index in [9.17, 15) is 4.79 Å². The van der Waals surface area contributed by atoms with Gasteiger partial charge in [0.05, 0.1) is 0 Å². The van der Waals surface area contributed by atoms with Crippen LogP contribution in [0.25, 0.3) is 10.9 Å². The van der Waals surface area contributed by atoms with Crippen LogP contribution in [0.3, 0.4) is 0 Å². The highest BCUT2D eigenvalue weighted by atomic mass is 79.9. The Morgan fingerprint density at radius 1 is 1.09 bits per heavy atom. The van der Waals surface area contributed by atoms with E-state index in [0.717, 1.165) is 15.2 Å². The summed E-state index contributed by atoms with van der Waals surface area (Å²) < 4.78 is 13.6. The molecule has 32 heavy (non-hydrogen) atoms. The molecule has 0 bridgehead atoms. The predicted octanol–water partition coefficient (Wildman–Crippen LogP) is 8.62. The highest BCUT2D eigenvalue weighted by Gasteiger charge is 2.25. The molecule has 0 fully saturated rings. The minimum absolute atomic E-state index is 0.399. The number of carbonyl (C=O) groups is 1. The van der Waals surface area contributed by atoms with Crippen LogP contribution < -0.4 is 4.74 Å². The zero-order chi connectivity index (χ0) is 24.1. The lowest BCUT2D eigenvalue weighted by atomic mass is 10.2. The first-order valence-electron chi connectivity index (χ1n) is 10.5. The molecule has 0 radical (unpaired) electrons. The summed E-state index contributed by atoms with van der Waals surface area (Å²) in [5.41, 5.74) is -0.0672. The number of carbonyl (C=O) groups excluding carboxylic acids is 1. The summed E-state index contributed by atoms with van der Waals surface area (Å²) in [6.45, 7) is 13.8. The summed E-state index contributed by atoms with van der Waals surface area (Å²) in [4.78, 5) is 15.0. The van der Waals surface area contributed by atoms with E-state index in [1.165, 1.54) is 4.68 Å². The Kier molecular flexibility index (Phi) is 9.54. The van der Waals surface area contributed by atoms with Crippen molar-refractivity contribution in [3.8, 4) is 11.5 Å². The summed E-state index contributed by atoms with van der Waals surface area (Å²) in [6, 6.07) is 11.8. The summed E-state index contributed by atoms with van der Waals surface area (Å²) >= 11 is 6.89. The molecule has 0 saturated carbocycles. The number of hydrogen-bond acceptors (Lipinski definition) is 6. The molecule has 1 heterocycles. The van der Waals surface area contributed by atoms with Crippen LogP contribution in [0.4, 0.5) is 4.79 Å². The van der Waals surface area contributed by atoms with E-state index >= 15 is 0 Å². The SMILES string of the molecule is CC.CSc1ccc(Oc2cc(SC(C)C)cc3c(Br)nn(C(=O)OC(C)(C)C)c23)cc1. The summed E-state index contributed by atoms with van der Waals surface area (Å²) in [7, 11) is 0. The van der Waals surface area contributed by atoms with Gasteiger partial charge in [-0.3, -0.25) is 0 Å². The number of hydrogen-bond donors (Lipinski definition) is 0. The quantitative estimate of drug-likeness (QED) is 0.303. The Labute approximate surface area is 207 Å². The third-order valence-electron chi connectivity index (χ3n) is 3.90. The van der Waals surface area contributed by atoms with Crippen LogP contribution in [-0.2, 0) is 4.74 Å². The van der Waals surface area contributed by atoms with Gasteiger partial charge >= 0.3 is 6.09 Å². The zero-order valence-electron chi connectivity index (χ0n) is 19.9. The van der Waals surface area contributed by atoms with Crippen LogP contribution in [-0.4, -0.2) is 33.0 Å². The van der Waals surface area contributed by atoms with Crippen LogP contribution in [0.2, 0.25) is 0 Å². The van der Waals surface area contributed by atoms with Crippen LogP contribution in [0.15, 0.2) is 50.8 Å². The van der Waals surface area contributed by atoms with Crippen LogP contribution >= 0.6 is 39.5 Å². The van der Waals surface area contributed by atoms with Crippen molar-refractivity contribution in [3.63, 3.8) is 0 Å². The van der Waals surface area contributed by atoms with Crippen LogP contribution in [0.1, 0.15) is 48.5 Å². The van der Waals surface area contributed by atoms with Crippen molar-refractivity contribution in [2.45, 2.75) is 69.1 Å². The molecule has 0 spiro atoms. The minimum atomic E-state index is -0.635. The lowest BCUT2D eigenvalue weighted by Crippen LogP contribution is -2.27. The van der Waals surface area contributed by atoms with Gasteiger partial charge in [0.1, 0.15) is 21.5 Å². The second-order valence-corrected chi connectivity index (χ2v) is 11.2. The average molecular weight is 540 g/mol. The number of halogens is 1. The highest BCUT2D eigenvalue weighted by molar-refractivity contribution is 9.10. The number of ether oxygens (including phenoxy) is 2. The molecule has 0 aliphatic carbocycles. The Morgan fingerprint density at radius 2 is 1.72 bits per heavy atom. The van der Waals surface area contributed by atoms with Gasteiger partial charge in [0.25, 0.3) is 0 Å². The molecule has 174 valence electrons. The van der Waals surface area contributed by atoms with E-state index in [-0.39, 0.29) is 0 Å².